The lowest BCUT2D eigenvalue weighted by molar-refractivity contribution is -0.130. The second-order valence-corrected chi connectivity index (χ2v) is 6.12. The van der Waals surface area contributed by atoms with Crippen LogP contribution in [0.4, 0.5) is 0 Å². The predicted octanol–water partition coefficient (Wildman–Crippen LogP) is 3.17. The molecule has 1 aromatic heterocycles. The summed E-state index contributed by atoms with van der Waals surface area (Å²) in [5.74, 6) is 0.323. The topological polar surface area (TPSA) is 44.1 Å². The summed E-state index contributed by atoms with van der Waals surface area (Å²) >= 11 is 0. The molecule has 1 saturated carbocycles. The van der Waals surface area contributed by atoms with Crippen molar-refractivity contribution in [3.63, 3.8) is 0 Å². The second-order valence-electron chi connectivity index (χ2n) is 6.12. The molecule has 1 aliphatic carbocycles. The number of hydrogen-bond donors (Lipinski definition) is 0. The number of ether oxygens (including phenoxy) is 1. The minimum Gasteiger partial charge on any atom is -0.373 e. The molecule has 2 rings (SSSR count). The lowest BCUT2D eigenvalue weighted by Crippen LogP contribution is -2.30. The van der Waals surface area contributed by atoms with Crippen molar-refractivity contribution in [1.29, 1.82) is 0 Å². The van der Waals surface area contributed by atoms with Gasteiger partial charge in [0.2, 0.25) is 0 Å². The van der Waals surface area contributed by atoms with Crippen LogP contribution in [0.25, 0.3) is 0 Å². The Hall–Kier alpha value is -1.16. The highest BCUT2D eigenvalue weighted by atomic mass is 16.5. The fraction of sp³-hybridized carbons (Fsp3) is 0.750. The number of carbonyl (C=O) groups is 1. The Balaban J connectivity index is 1.96. The molecular formula is C16H26N2O2. The summed E-state index contributed by atoms with van der Waals surface area (Å²) in [5.41, 5.74) is 0.864. The normalized spacial score (nSPS) is 18.4. The van der Waals surface area contributed by atoms with Crippen molar-refractivity contribution < 1.29 is 9.53 Å². The van der Waals surface area contributed by atoms with Gasteiger partial charge in [-0.3, -0.25) is 9.48 Å². The van der Waals surface area contributed by atoms with Crippen molar-refractivity contribution in [3.05, 3.63) is 18.0 Å². The summed E-state index contributed by atoms with van der Waals surface area (Å²) in [6.45, 7) is 4.01. The van der Waals surface area contributed by atoms with Gasteiger partial charge in [-0.25, -0.2) is 0 Å². The molecule has 0 aromatic carbocycles. The molecule has 0 saturated heterocycles. The maximum Gasteiger partial charge on any atom is 0.167 e. The molecule has 1 unspecified atom stereocenters. The summed E-state index contributed by atoms with van der Waals surface area (Å²) < 4.78 is 7.34. The molecule has 0 bridgehead atoms. The lowest BCUT2D eigenvalue weighted by Gasteiger charge is -2.21. The standard InChI is InChI=1S/C16H26N2O2/c1-12(2)16(20-3)15(19)11-13-9-10-18(17-13)14-7-5-4-6-8-14/h9-10,12,14,16H,4-8,11H2,1-3H3. The lowest BCUT2D eigenvalue weighted by atomic mass is 9.96. The van der Waals surface area contributed by atoms with Crippen molar-refractivity contribution in [2.24, 2.45) is 5.92 Å². The monoisotopic (exact) mass is 278 g/mol. The van der Waals surface area contributed by atoms with Crippen molar-refractivity contribution in [1.82, 2.24) is 9.78 Å². The van der Waals surface area contributed by atoms with E-state index in [-0.39, 0.29) is 17.8 Å². The largest absolute Gasteiger partial charge is 0.373 e. The third-order valence-electron chi connectivity index (χ3n) is 4.14. The highest BCUT2D eigenvalue weighted by Crippen LogP contribution is 2.27. The Labute approximate surface area is 121 Å². The van der Waals surface area contributed by atoms with Crippen LogP contribution in [0, 0.1) is 5.92 Å². The average Bonchev–Trinajstić information content (AvgIpc) is 2.88. The van der Waals surface area contributed by atoms with Crippen molar-refractivity contribution in [2.75, 3.05) is 7.11 Å². The molecular weight excluding hydrogens is 252 g/mol. The van der Waals surface area contributed by atoms with Gasteiger partial charge in [0.25, 0.3) is 0 Å². The molecule has 0 radical (unpaired) electrons. The van der Waals surface area contributed by atoms with Crippen LogP contribution in [0.15, 0.2) is 12.3 Å². The van der Waals surface area contributed by atoms with Gasteiger partial charge < -0.3 is 4.74 Å². The van der Waals surface area contributed by atoms with E-state index in [0.717, 1.165) is 5.69 Å². The zero-order chi connectivity index (χ0) is 14.5. The van der Waals surface area contributed by atoms with Gasteiger partial charge in [-0.05, 0) is 24.8 Å². The molecule has 4 nitrogen and oxygen atoms in total. The van der Waals surface area contributed by atoms with E-state index in [1.165, 1.54) is 32.1 Å². The van der Waals surface area contributed by atoms with E-state index in [9.17, 15) is 4.79 Å². The van der Waals surface area contributed by atoms with Crippen LogP contribution in [-0.4, -0.2) is 28.8 Å². The third kappa shape index (κ3) is 3.69. The molecule has 1 heterocycles. The number of Topliss-reactive ketones (excluding diaryl/α,β-unsaturated/α-hetero) is 1. The zero-order valence-electron chi connectivity index (χ0n) is 12.8. The van der Waals surface area contributed by atoms with E-state index in [2.05, 4.69) is 9.78 Å². The van der Waals surface area contributed by atoms with Crippen molar-refractivity contribution >= 4 is 5.78 Å². The smallest absolute Gasteiger partial charge is 0.167 e. The Morgan fingerprint density at radius 1 is 1.40 bits per heavy atom. The SMILES string of the molecule is COC(C(=O)Cc1ccn(C2CCCCC2)n1)C(C)C. The number of carbonyl (C=O) groups excluding carboxylic acids is 1. The molecule has 0 aliphatic heterocycles. The molecule has 0 spiro atoms. The maximum atomic E-state index is 12.2. The van der Waals surface area contributed by atoms with E-state index in [1.807, 2.05) is 26.1 Å². The first-order chi connectivity index (χ1) is 9.61. The molecule has 0 amide bonds. The molecule has 0 N–H and O–H groups in total. The molecule has 4 heteroatoms. The van der Waals surface area contributed by atoms with E-state index in [1.54, 1.807) is 7.11 Å². The number of nitrogens with zero attached hydrogens (tertiary/aromatic N) is 2. The van der Waals surface area contributed by atoms with Crippen LogP contribution in [0.5, 0.6) is 0 Å². The third-order valence-corrected chi connectivity index (χ3v) is 4.14. The number of aromatic nitrogens is 2. The molecule has 1 fully saturated rings. The minimum absolute atomic E-state index is 0.122. The summed E-state index contributed by atoms with van der Waals surface area (Å²) in [6.07, 6.45) is 8.41. The summed E-state index contributed by atoms with van der Waals surface area (Å²) in [5, 5.41) is 4.59. The first kappa shape index (κ1) is 15.2. The highest BCUT2D eigenvalue weighted by Gasteiger charge is 2.23. The van der Waals surface area contributed by atoms with E-state index in [0.29, 0.717) is 12.5 Å². The Kier molecular flexibility index (Phi) is 5.35. The van der Waals surface area contributed by atoms with Crippen LogP contribution in [0.1, 0.15) is 57.7 Å². The van der Waals surface area contributed by atoms with Gasteiger partial charge in [-0.15, -0.1) is 0 Å². The second kappa shape index (κ2) is 7.02. The van der Waals surface area contributed by atoms with Gasteiger partial charge in [-0.2, -0.15) is 5.10 Å². The van der Waals surface area contributed by atoms with Crippen molar-refractivity contribution in [3.8, 4) is 0 Å². The number of methoxy groups -OCH3 is 1. The van der Waals surface area contributed by atoms with Crippen molar-refractivity contribution in [2.45, 2.75) is 64.5 Å². The predicted molar refractivity (Wildman–Crippen MR) is 78.7 cm³/mol. The van der Waals surface area contributed by atoms with Gasteiger partial charge in [-0.1, -0.05) is 33.1 Å². The van der Waals surface area contributed by atoms with Crippen LogP contribution in [-0.2, 0) is 16.0 Å². The van der Waals surface area contributed by atoms with Gasteiger partial charge >= 0.3 is 0 Å². The number of rotatable bonds is 6. The average molecular weight is 278 g/mol. The number of hydrogen-bond acceptors (Lipinski definition) is 3. The highest BCUT2D eigenvalue weighted by molar-refractivity contribution is 5.85. The van der Waals surface area contributed by atoms with Crippen LogP contribution in [0.2, 0.25) is 0 Å². The van der Waals surface area contributed by atoms with Gasteiger partial charge in [0.05, 0.1) is 18.2 Å². The van der Waals surface area contributed by atoms with Crippen LogP contribution >= 0.6 is 0 Å². The molecule has 1 aliphatic rings. The number of ketones is 1. The van der Waals surface area contributed by atoms with Gasteiger partial charge in [0, 0.05) is 13.3 Å². The molecule has 112 valence electrons. The molecule has 1 aromatic rings. The Morgan fingerprint density at radius 3 is 2.70 bits per heavy atom. The molecule has 1 atom stereocenters. The Morgan fingerprint density at radius 2 is 2.10 bits per heavy atom. The van der Waals surface area contributed by atoms with Crippen LogP contribution in [0.3, 0.4) is 0 Å². The maximum absolute atomic E-state index is 12.2. The van der Waals surface area contributed by atoms with E-state index in [4.69, 9.17) is 4.74 Å². The summed E-state index contributed by atoms with van der Waals surface area (Å²) in [7, 11) is 1.60. The zero-order valence-corrected chi connectivity index (χ0v) is 12.8. The minimum atomic E-state index is -0.324. The first-order valence-corrected chi connectivity index (χ1v) is 7.71. The van der Waals surface area contributed by atoms with Crippen LogP contribution < -0.4 is 0 Å². The van der Waals surface area contributed by atoms with Gasteiger partial charge in [0.15, 0.2) is 5.78 Å². The Bertz CT molecular complexity index is 433. The summed E-state index contributed by atoms with van der Waals surface area (Å²) in [4.78, 5) is 12.2. The molecule has 20 heavy (non-hydrogen) atoms. The van der Waals surface area contributed by atoms with Gasteiger partial charge in [0.1, 0.15) is 6.10 Å². The fourth-order valence-corrected chi connectivity index (χ4v) is 3.08. The summed E-state index contributed by atoms with van der Waals surface area (Å²) in [6, 6.07) is 2.50. The van der Waals surface area contributed by atoms with E-state index < -0.39 is 0 Å². The van der Waals surface area contributed by atoms with E-state index >= 15 is 0 Å². The first-order valence-electron chi connectivity index (χ1n) is 7.71. The fourth-order valence-electron chi connectivity index (χ4n) is 3.08. The quantitative estimate of drug-likeness (QED) is 0.802.